The molecule has 0 aliphatic heterocycles. The van der Waals surface area contributed by atoms with Crippen LogP contribution in [0.4, 0.5) is 10.5 Å². The van der Waals surface area contributed by atoms with E-state index in [9.17, 15) is 9.90 Å². The van der Waals surface area contributed by atoms with Crippen molar-refractivity contribution in [3.8, 4) is 0 Å². The molecule has 2 aromatic carbocycles. The maximum atomic E-state index is 12.2. The van der Waals surface area contributed by atoms with Crippen LogP contribution in [0.15, 0.2) is 66.7 Å². The van der Waals surface area contributed by atoms with Crippen molar-refractivity contribution in [3.05, 3.63) is 87.6 Å². The average molecular weight is 395 g/mol. The Bertz CT molecular complexity index is 912. The first-order valence-corrected chi connectivity index (χ1v) is 10.1. The Morgan fingerprint density at radius 2 is 1.68 bits per heavy atom. The number of aliphatic hydroxyl groups excluding tert-OH is 1. The van der Waals surface area contributed by atoms with E-state index in [-0.39, 0.29) is 11.4 Å². The van der Waals surface area contributed by atoms with Gasteiger partial charge in [-0.3, -0.25) is 0 Å². The van der Waals surface area contributed by atoms with E-state index in [1.54, 1.807) is 0 Å². The second-order valence-electron chi connectivity index (χ2n) is 7.75. The highest BCUT2D eigenvalue weighted by atomic mass is 32.1. The highest BCUT2D eigenvalue weighted by Crippen LogP contribution is 2.28. The van der Waals surface area contributed by atoms with Crippen molar-refractivity contribution in [1.82, 2.24) is 5.32 Å². The Balaban J connectivity index is 1.53. The number of rotatable bonds is 5. The van der Waals surface area contributed by atoms with Crippen LogP contribution in [0.25, 0.3) is 0 Å². The third-order valence-electron chi connectivity index (χ3n) is 4.50. The van der Waals surface area contributed by atoms with Crippen molar-refractivity contribution < 1.29 is 9.90 Å². The van der Waals surface area contributed by atoms with Crippen LogP contribution in [-0.2, 0) is 12.0 Å². The normalized spacial score (nSPS) is 12.4. The molecule has 2 amide bonds. The number of hydrogen-bond donors (Lipinski definition) is 3. The first-order valence-electron chi connectivity index (χ1n) is 9.30. The Hall–Kier alpha value is -2.63. The second kappa shape index (κ2) is 8.59. The molecule has 3 rings (SSSR count). The van der Waals surface area contributed by atoms with Crippen LogP contribution in [0.3, 0.4) is 0 Å². The van der Waals surface area contributed by atoms with Gasteiger partial charge in [-0.15, -0.1) is 11.3 Å². The lowest BCUT2D eigenvalue weighted by Crippen LogP contribution is -2.27. The molecule has 146 valence electrons. The molecule has 1 unspecified atom stereocenters. The number of aliphatic hydroxyl groups is 1. The van der Waals surface area contributed by atoms with Gasteiger partial charge in [-0.25, -0.2) is 4.79 Å². The largest absolute Gasteiger partial charge is 0.383 e. The molecule has 5 heteroatoms. The monoisotopic (exact) mass is 394 g/mol. The molecule has 0 saturated heterocycles. The van der Waals surface area contributed by atoms with Gasteiger partial charge in [0, 0.05) is 15.4 Å². The summed E-state index contributed by atoms with van der Waals surface area (Å²) in [5, 5.41) is 16.2. The summed E-state index contributed by atoms with van der Waals surface area (Å²) in [5.74, 6) is 0. The smallest absolute Gasteiger partial charge is 0.319 e. The third kappa shape index (κ3) is 5.21. The highest BCUT2D eigenvalue weighted by molar-refractivity contribution is 7.12. The predicted octanol–water partition coefficient (Wildman–Crippen LogP) is 5.45. The van der Waals surface area contributed by atoms with Gasteiger partial charge in [0.1, 0.15) is 6.10 Å². The van der Waals surface area contributed by atoms with Gasteiger partial charge in [0.05, 0.1) is 6.54 Å². The van der Waals surface area contributed by atoms with Crippen molar-refractivity contribution >= 4 is 23.1 Å². The second-order valence-corrected chi connectivity index (χ2v) is 8.95. The first kappa shape index (κ1) is 20.1. The molecule has 1 atom stereocenters. The lowest BCUT2D eigenvalue weighted by molar-refractivity contribution is 0.224. The summed E-state index contributed by atoms with van der Waals surface area (Å²) in [6.45, 7) is 6.89. The molecule has 0 aliphatic carbocycles. The van der Waals surface area contributed by atoms with Crippen LogP contribution in [0.2, 0.25) is 0 Å². The van der Waals surface area contributed by atoms with E-state index in [1.165, 1.54) is 16.9 Å². The van der Waals surface area contributed by atoms with E-state index in [0.29, 0.717) is 6.54 Å². The average Bonchev–Trinajstić information content (AvgIpc) is 3.15. The minimum atomic E-state index is -0.643. The van der Waals surface area contributed by atoms with Gasteiger partial charge in [0.15, 0.2) is 0 Å². The minimum absolute atomic E-state index is 0.0853. The maximum Gasteiger partial charge on any atom is 0.319 e. The Morgan fingerprint density at radius 1 is 1.00 bits per heavy atom. The number of amides is 2. The number of benzene rings is 2. The molecule has 28 heavy (non-hydrogen) atoms. The predicted molar refractivity (Wildman–Crippen MR) is 116 cm³/mol. The van der Waals surface area contributed by atoms with Crippen LogP contribution >= 0.6 is 11.3 Å². The number of thiophene rings is 1. The Morgan fingerprint density at radius 3 is 2.32 bits per heavy atom. The number of urea groups is 1. The van der Waals surface area contributed by atoms with Gasteiger partial charge in [-0.2, -0.15) is 0 Å². The highest BCUT2D eigenvalue weighted by Gasteiger charge is 2.14. The standard InChI is InChI=1S/C23H26N2O2S/c1-23(2,3)17-9-11-18(12-10-17)25-22(27)24-15-19-13-14-20(28-19)21(26)16-7-5-4-6-8-16/h4-14,21,26H,15H2,1-3H3,(H2,24,25,27). The number of anilines is 1. The van der Waals surface area contributed by atoms with Crippen molar-refractivity contribution in [1.29, 1.82) is 0 Å². The molecule has 0 fully saturated rings. The van der Waals surface area contributed by atoms with Crippen molar-refractivity contribution in [2.75, 3.05) is 5.32 Å². The summed E-state index contributed by atoms with van der Waals surface area (Å²) in [6, 6.07) is 21.0. The molecule has 0 aliphatic rings. The van der Waals surface area contributed by atoms with Crippen LogP contribution in [-0.4, -0.2) is 11.1 Å². The van der Waals surface area contributed by atoms with Gasteiger partial charge < -0.3 is 15.7 Å². The van der Waals surface area contributed by atoms with Gasteiger partial charge in [-0.05, 0) is 40.8 Å². The van der Waals surface area contributed by atoms with Gasteiger partial charge in [0.25, 0.3) is 0 Å². The Kier molecular flexibility index (Phi) is 6.17. The molecule has 4 nitrogen and oxygen atoms in total. The SMILES string of the molecule is CC(C)(C)c1ccc(NC(=O)NCc2ccc(C(O)c3ccccc3)s2)cc1. The number of hydrogen-bond acceptors (Lipinski definition) is 3. The molecule has 1 aromatic heterocycles. The summed E-state index contributed by atoms with van der Waals surface area (Å²) in [6.07, 6.45) is -0.643. The fourth-order valence-corrected chi connectivity index (χ4v) is 3.80. The summed E-state index contributed by atoms with van der Waals surface area (Å²) in [7, 11) is 0. The molecular weight excluding hydrogens is 368 g/mol. The Labute approximate surface area is 170 Å². The summed E-state index contributed by atoms with van der Waals surface area (Å²) < 4.78 is 0. The number of nitrogens with one attached hydrogen (secondary N) is 2. The third-order valence-corrected chi connectivity index (χ3v) is 5.64. The maximum absolute atomic E-state index is 12.2. The van der Waals surface area contributed by atoms with E-state index in [0.717, 1.165) is 21.0 Å². The van der Waals surface area contributed by atoms with Crippen LogP contribution in [0, 0.1) is 0 Å². The summed E-state index contributed by atoms with van der Waals surface area (Å²) in [5.41, 5.74) is 2.93. The summed E-state index contributed by atoms with van der Waals surface area (Å²) >= 11 is 1.50. The first-order chi connectivity index (χ1) is 13.3. The zero-order valence-corrected chi connectivity index (χ0v) is 17.2. The summed E-state index contributed by atoms with van der Waals surface area (Å²) in [4.78, 5) is 14.0. The lowest BCUT2D eigenvalue weighted by atomic mass is 9.87. The van der Waals surface area contributed by atoms with Gasteiger partial charge in [0.2, 0.25) is 0 Å². The molecule has 0 radical (unpaired) electrons. The topological polar surface area (TPSA) is 61.4 Å². The van der Waals surface area contributed by atoms with Gasteiger partial charge in [-0.1, -0.05) is 63.2 Å². The van der Waals surface area contributed by atoms with Gasteiger partial charge >= 0.3 is 6.03 Å². The number of carbonyl (C=O) groups is 1. The van der Waals surface area contributed by atoms with E-state index >= 15 is 0 Å². The zero-order chi connectivity index (χ0) is 20.1. The van der Waals surface area contributed by atoms with E-state index in [4.69, 9.17) is 0 Å². The molecule has 1 heterocycles. The molecular formula is C23H26N2O2S. The molecule has 0 bridgehead atoms. The quantitative estimate of drug-likeness (QED) is 0.539. The van der Waals surface area contributed by atoms with E-state index in [1.807, 2.05) is 66.7 Å². The molecule has 3 N–H and O–H groups in total. The molecule has 0 saturated carbocycles. The van der Waals surface area contributed by atoms with Crippen LogP contribution in [0.5, 0.6) is 0 Å². The number of carbonyl (C=O) groups excluding carboxylic acids is 1. The lowest BCUT2D eigenvalue weighted by Gasteiger charge is -2.19. The van der Waals surface area contributed by atoms with E-state index in [2.05, 4.69) is 31.4 Å². The van der Waals surface area contributed by atoms with Crippen molar-refractivity contribution in [2.24, 2.45) is 0 Å². The van der Waals surface area contributed by atoms with Crippen molar-refractivity contribution in [2.45, 2.75) is 38.8 Å². The zero-order valence-electron chi connectivity index (χ0n) is 16.4. The van der Waals surface area contributed by atoms with Crippen LogP contribution in [0.1, 0.15) is 47.8 Å². The fourth-order valence-electron chi connectivity index (χ4n) is 2.83. The fraction of sp³-hybridized carbons (Fsp3) is 0.261. The van der Waals surface area contributed by atoms with E-state index < -0.39 is 6.10 Å². The van der Waals surface area contributed by atoms with Crippen molar-refractivity contribution in [3.63, 3.8) is 0 Å². The molecule has 0 spiro atoms. The molecule has 3 aromatic rings. The minimum Gasteiger partial charge on any atom is -0.383 e. The van der Waals surface area contributed by atoms with Crippen LogP contribution < -0.4 is 10.6 Å².